The van der Waals surface area contributed by atoms with Gasteiger partial charge in [-0.25, -0.2) is 0 Å². The Hall–Kier alpha value is -3.22. The second-order valence-corrected chi connectivity index (χ2v) is 11.5. The molecule has 0 unspecified atom stereocenters. The van der Waals surface area contributed by atoms with Crippen LogP contribution in [-0.4, -0.2) is 63.1 Å². The summed E-state index contributed by atoms with van der Waals surface area (Å²) in [6, 6.07) is 14.0. The van der Waals surface area contributed by atoms with E-state index in [1.165, 1.54) is 44.9 Å². The summed E-state index contributed by atoms with van der Waals surface area (Å²) in [4.78, 5) is 33.0. The van der Waals surface area contributed by atoms with Gasteiger partial charge >= 0.3 is 0 Å². The minimum atomic E-state index is 0.0330. The van der Waals surface area contributed by atoms with Gasteiger partial charge in [0.1, 0.15) is 5.75 Å². The predicted molar refractivity (Wildman–Crippen MR) is 169 cm³/mol. The lowest BCUT2D eigenvalue weighted by Crippen LogP contribution is -2.47. The number of hydrogen-bond donors (Lipinski definition) is 1. The van der Waals surface area contributed by atoms with E-state index in [4.69, 9.17) is 4.74 Å². The van der Waals surface area contributed by atoms with Crippen LogP contribution in [0.5, 0.6) is 5.75 Å². The van der Waals surface area contributed by atoms with E-state index in [-0.39, 0.29) is 11.8 Å². The van der Waals surface area contributed by atoms with Crippen molar-refractivity contribution in [1.29, 1.82) is 0 Å². The third kappa shape index (κ3) is 8.88. The normalized spacial score (nSPS) is 15.3. The molecule has 0 aliphatic carbocycles. The molecule has 2 aliphatic heterocycles. The Morgan fingerprint density at radius 3 is 2.02 bits per heavy atom. The standard InChI is InChI=1S/C34H50N4O3/c1-3-4-5-6-7-8-9-10-11-18-33(39)35-28-19-20-30(29(27-28)34(40)38-21-14-15-22-38)36-23-25-37(26-24-36)31-16-12-13-17-32(31)41-2/h12-13,16-17,19-20,27H,3-11,14-15,18,21-26H2,1-2H3,(H,35,39). The van der Waals surface area contributed by atoms with Gasteiger partial charge in [0.2, 0.25) is 5.91 Å². The van der Waals surface area contributed by atoms with Crippen molar-refractivity contribution in [1.82, 2.24) is 4.90 Å². The maximum Gasteiger partial charge on any atom is 0.256 e. The van der Waals surface area contributed by atoms with Crippen molar-refractivity contribution in [2.75, 3.05) is 61.5 Å². The van der Waals surface area contributed by atoms with E-state index < -0.39 is 0 Å². The zero-order valence-corrected chi connectivity index (χ0v) is 25.3. The highest BCUT2D eigenvalue weighted by atomic mass is 16.5. The third-order valence-electron chi connectivity index (χ3n) is 8.46. The van der Waals surface area contributed by atoms with Crippen LogP contribution in [0.25, 0.3) is 0 Å². The topological polar surface area (TPSA) is 65.1 Å². The van der Waals surface area contributed by atoms with E-state index in [1.807, 2.05) is 41.3 Å². The van der Waals surface area contributed by atoms with Crippen LogP contribution in [0.4, 0.5) is 17.1 Å². The molecular weight excluding hydrogens is 512 g/mol. The number of benzene rings is 2. The number of amides is 2. The van der Waals surface area contributed by atoms with Gasteiger partial charge in [-0.3, -0.25) is 9.59 Å². The van der Waals surface area contributed by atoms with Gasteiger partial charge in [0.05, 0.1) is 18.4 Å². The fourth-order valence-electron chi connectivity index (χ4n) is 6.05. The molecule has 7 heteroatoms. The van der Waals surface area contributed by atoms with Crippen molar-refractivity contribution in [2.45, 2.75) is 84.0 Å². The fraction of sp³-hybridized carbons (Fsp3) is 0.588. The van der Waals surface area contributed by atoms with Gasteiger partial charge in [-0.2, -0.15) is 0 Å². The highest BCUT2D eigenvalue weighted by Gasteiger charge is 2.27. The van der Waals surface area contributed by atoms with Gasteiger partial charge in [-0.05, 0) is 49.6 Å². The summed E-state index contributed by atoms with van der Waals surface area (Å²) in [5, 5.41) is 3.07. The molecule has 2 aliphatic rings. The number of likely N-dealkylation sites (tertiary alicyclic amines) is 1. The Bertz CT molecular complexity index is 1110. The molecule has 2 saturated heterocycles. The van der Waals surface area contributed by atoms with Crippen LogP contribution < -0.4 is 19.9 Å². The molecule has 2 aromatic rings. The Morgan fingerprint density at radius 1 is 0.756 bits per heavy atom. The van der Waals surface area contributed by atoms with E-state index in [0.717, 1.165) is 82.1 Å². The summed E-state index contributed by atoms with van der Waals surface area (Å²) < 4.78 is 5.58. The molecule has 2 fully saturated rings. The van der Waals surface area contributed by atoms with Crippen LogP contribution in [0.15, 0.2) is 42.5 Å². The number of carbonyl (C=O) groups is 2. The van der Waals surface area contributed by atoms with Crippen molar-refractivity contribution >= 4 is 28.9 Å². The van der Waals surface area contributed by atoms with Gasteiger partial charge in [0.15, 0.2) is 0 Å². The van der Waals surface area contributed by atoms with Gasteiger partial charge in [0, 0.05) is 57.1 Å². The fourth-order valence-corrected chi connectivity index (χ4v) is 6.05. The molecule has 0 spiro atoms. The molecule has 4 rings (SSSR count). The van der Waals surface area contributed by atoms with Crippen LogP contribution in [0.1, 0.15) is 94.3 Å². The van der Waals surface area contributed by atoms with E-state index in [9.17, 15) is 9.59 Å². The lowest BCUT2D eigenvalue weighted by atomic mass is 10.1. The van der Waals surface area contributed by atoms with Crippen molar-refractivity contribution in [3.05, 3.63) is 48.0 Å². The largest absolute Gasteiger partial charge is 0.495 e. The van der Waals surface area contributed by atoms with Gasteiger partial charge in [-0.1, -0.05) is 70.4 Å². The first-order chi connectivity index (χ1) is 20.1. The van der Waals surface area contributed by atoms with Crippen LogP contribution >= 0.6 is 0 Å². The number of anilines is 3. The molecular formula is C34H50N4O3. The summed E-state index contributed by atoms with van der Waals surface area (Å²) >= 11 is 0. The van der Waals surface area contributed by atoms with Crippen LogP contribution in [-0.2, 0) is 4.79 Å². The maximum absolute atomic E-state index is 13.6. The number of nitrogens with zero attached hydrogens (tertiary/aromatic N) is 3. The van der Waals surface area contributed by atoms with E-state index in [0.29, 0.717) is 17.7 Å². The summed E-state index contributed by atoms with van der Waals surface area (Å²) in [5.74, 6) is 0.985. The van der Waals surface area contributed by atoms with Crippen molar-refractivity contribution in [3.63, 3.8) is 0 Å². The summed E-state index contributed by atoms with van der Waals surface area (Å²) in [5.41, 5.74) is 3.47. The summed E-state index contributed by atoms with van der Waals surface area (Å²) in [6.07, 6.45) is 13.7. The number of carbonyl (C=O) groups excluding carboxylic acids is 2. The Morgan fingerprint density at radius 2 is 1.37 bits per heavy atom. The van der Waals surface area contributed by atoms with Crippen LogP contribution in [0, 0.1) is 0 Å². The zero-order chi connectivity index (χ0) is 28.9. The first-order valence-corrected chi connectivity index (χ1v) is 16.0. The van der Waals surface area contributed by atoms with Crippen LogP contribution in [0.2, 0.25) is 0 Å². The lowest BCUT2D eigenvalue weighted by Gasteiger charge is -2.38. The SMILES string of the molecule is CCCCCCCCCCCC(=O)Nc1ccc(N2CCN(c3ccccc3OC)CC2)c(C(=O)N2CCCC2)c1. The monoisotopic (exact) mass is 562 g/mol. The number of nitrogens with one attached hydrogen (secondary N) is 1. The summed E-state index contributed by atoms with van der Waals surface area (Å²) in [7, 11) is 1.71. The maximum atomic E-state index is 13.6. The number of hydrogen-bond acceptors (Lipinski definition) is 5. The number of piperazine rings is 1. The molecule has 0 atom stereocenters. The second-order valence-electron chi connectivity index (χ2n) is 11.5. The smallest absolute Gasteiger partial charge is 0.256 e. The molecule has 41 heavy (non-hydrogen) atoms. The molecule has 0 saturated carbocycles. The highest BCUT2D eigenvalue weighted by molar-refractivity contribution is 6.02. The average molecular weight is 563 g/mol. The molecule has 0 bridgehead atoms. The van der Waals surface area contributed by atoms with Gasteiger partial charge in [0.25, 0.3) is 5.91 Å². The second kappa shape index (κ2) is 16.3. The minimum absolute atomic E-state index is 0.0330. The van der Waals surface area contributed by atoms with E-state index in [1.54, 1.807) is 7.11 Å². The molecule has 0 radical (unpaired) electrons. The Kier molecular flexibility index (Phi) is 12.2. The number of unbranched alkanes of at least 4 members (excludes halogenated alkanes) is 8. The number of rotatable bonds is 15. The van der Waals surface area contributed by atoms with Gasteiger partial charge in [-0.15, -0.1) is 0 Å². The molecule has 7 nitrogen and oxygen atoms in total. The van der Waals surface area contributed by atoms with Crippen molar-refractivity contribution < 1.29 is 14.3 Å². The number of methoxy groups -OCH3 is 1. The minimum Gasteiger partial charge on any atom is -0.495 e. The molecule has 2 aromatic carbocycles. The third-order valence-corrected chi connectivity index (χ3v) is 8.46. The molecule has 2 heterocycles. The zero-order valence-electron chi connectivity index (χ0n) is 25.3. The molecule has 0 aromatic heterocycles. The Labute approximate surface area is 247 Å². The lowest BCUT2D eigenvalue weighted by molar-refractivity contribution is -0.116. The molecule has 224 valence electrons. The molecule has 2 amide bonds. The predicted octanol–water partition coefficient (Wildman–Crippen LogP) is 7.12. The quantitative estimate of drug-likeness (QED) is 0.234. The van der Waals surface area contributed by atoms with E-state index in [2.05, 4.69) is 28.1 Å². The van der Waals surface area contributed by atoms with Crippen LogP contribution in [0.3, 0.4) is 0 Å². The van der Waals surface area contributed by atoms with Gasteiger partial charge < -0.3 is 24.8 Å². The van der Waals surface area contributed by atoms with E-state index >= 15 is 0 Å². The number of ether oxygens (including phenoxy) is 1. The first kappa shape index (κ1) is 30.7. The Balaban J connectivity index is 1.34. The highest BCUT2D eigenvalue weighted by Crippen LogP contribution is 2.32. The van der Waals surface area contributed by atoms with Crippen molar-refractivity contribution in [3.8, 4) is 5.75 Å². The average Bonchev–Trinajstić information content (AvgIpc) is 3.55. The number of para-hydroxylation sites is 2. The first-order valence-electron chi connectivity index (χ1n) is 16.0. The summed E-state index contributed by atoms with van der Waals surface area (Å²) in [6.45, 7) is 7.15. The van der Waals surface area contributed by atoms with Crippen molar-refractivity contribution in [2.24, 2.45) is 0 Å². The molecule has 1 N–H and O–H groups in total.